The smallest absolute Gasteiger partial charge is 0.226 e. The summed E-state index contributed by atoms with van der Waals surface area (Å²) in [5.74, 6) is 2.40. The van der Waals surface area contributed by atoms with E-state index in [1.807, 2.05) is 4.90 Å². The quantitative estimate of drug-likeness (QED) is 0.763. The van der Waals surface area contributed by atoms with E-state index in [1.165, 1.54) is 5.56 Å². The molecule has 0 spiro atoms. The fourth-order valence-corrected chi connectivity index (χ4v) is 5.34. The molecule has 3 aliphatic heterocycles. The molecule has 3 aliphatic rings. The van der Waals surface area contributed by atoms with Gasteiger partial charge in [-0.3, -0.25) is 9.59 Å². The summed E-state index contributed by atoms with van der Waals surface area (Å²) in [5.41, 5.74) is 7.69. The number of anilines is 1. The topological polar surface area (TPSA) is 95.7 Å². The zero-order valence-electron chi connectivity index (χ0n) is 19.0. The SMILES string of the molecule is Cc1nc(C2CCN(C(=O)C3CCCN(CCC(N)=O)C3)CC2)nc2c1CCCN2C. The lowest BCUT2D eigenvalue weighted by Crippen LogP contribution is -2.47. The molecule has 0 radical (unpaired) electrons. The van der Waals surface area contributed by atoms with Gasteiger partial charge in [0, 0.05) is 63.4 Å². The van der Waals surface area contributed by atoms with Crippen LogP contribution in [0.4, 0.5) is 5.82 Å². The van der Waals surface area contributed by atoms with Crippen molar-refractivity contribution in [2.75, 3.05) is 51.2 Å². The maximum absolute atomic E-state index is 13.1. The average molecular weight is 429 g/mol. The molecule has 4 rings (SSSR count). The normalized spacial score (nSPS) is 23.0. The van der Waals surface area contributed by atoms with E-state index in [2.05, 4.69) is 23.8 Å². The van der Waals surface area contributed by atoms with Gasteiger partial charge >= 0.3 is 0 Å². The first-order valence-corrected chi connectivity index (χ1v) is 11.8. The molecule has 2 fully saturated rings. The molecular formula is C23H36N6O2. The highest BCUT2D eigenvalue weighted by Gasteiger charge is 2.33. The second kappa shape index (κ2) is 9.51. The lowest BCUT2D eigenvalue weighted by atomic mass is 9.92. The Balaban J connectivity index is 1.34. The first-order valence-electron chi connectivity index (χ1n) is 11.8. The molecule has 1 atom stereocenters. The van der Waals surface area contributed by atoms with Gasteiger partial charge in [-0.1, -0.05) is 0 Å². The second-order valence-electron chi connectivity index (χ2n) is 9.45. The average Bonchev–Trinajstić information content (AvgIpc) is 2.78. The largest absolute Gasteiger partial charge is 0.370 e. The molecule has 31 heavy (non-hydrogen) atoms. The summed E-state index contributed by atoms with van der Waals surface area (Å²) in [6.45, 7) is 7.05. The number of primary amides is 1. The Morgan fingerprint density at radius 3 is 2.58 bits per heavy atom. The van der Waals surface area contributed by atoms with Crippen molar-refractivity contribution < 1.29 is 9.59 Å². The van der Waals surface area contributed by atoms with Crippen LogP contribution in [0.2, 0.25) is 0 Å². The van der Waals surface area contributed by atoms with E-state index in [9.17, 15) is 9.59 Å². The van der Waals surface area contributed by atoms with E-state index in [-0.39, 0.29) is 17.7 Å². The maximum atomic E-state index is 13.1. The standard InChI is InChI=1S/C23H36N6O2/c1-16-19-6-4-10-27(2)22(19)26-21(25-16)17-7-13-29(14-8-17)23(31)18-5-3-11-28(15-18)12-9-20(24)30/h17-18H,3-15H2,1-2H3,(H2,24,30). The predicted molar refractivity (Wildman–Crippen MR) is 120 cm³/mol. The molecule has 8 nitrogen and oxygen atoms in total. The van der Waals surface area contributed by atoms with Crippen molar-refractivity contribution in [2.45, 2.75) is 57.8 Å². The molecule has 4 heterocycles. The minimum absolute atomic E-state index is 0.0362. The second-order valence-corrected chi connectivity index (χ2v) is 9.45. The van der Waals surface area contributed by atoms with Gasteiger partial charge in [-0.25, -0.2) is 9.97 Å². The van der Waals surface area contributed by atoms with Crippen LogP contribution in [-0.4, -0.2) is 77.9 Å². The Hall–Kier alpha value is -2.22. The Labute approximate surface area is 185 Å². The van der Waals surface area contributed by atoms with Crippen molar-refractivity contribution in [3.8, 4) is 0 Å². The van der Waals surface area contributed by atoms with E-state index >= 15 is 0 Å². The Morgan fingerprint density at radius 2 is 1.84 bits per heavy atom. The summed E-state index contributed by atoms with van der Waals surface area (Å²) < 4.78 is 0. The molecule has 2 N–H and O–H groups in total. The van der Waals surface area contributed by atoms with E-state index in [1.54, 1.807) is 0 Å². The Morgan fingerprint density at radius 1 is 1.06 bits per heavy atom. The van der Waals surface area contributed by atoms with Gasteiger partial charge in [0.15, 0.2) is 0 Å². The highest BCUT2D eigenvalue weighted by molar-refractivity contribution is 5.79. The molecule has 1 unspecified atom stereocenters. The number of likely N-dealkylation sites (tertiary alicyclic amines) is 2. The molecule has 2 saturated heterocycles. The molecule has 2 amide bonds. The monoisotopic (exact) mass is 428 g/mol. The van der Waals surface area contributed by atoms with E-state index in [0.29, 0.717) is 18.9 Å². The molecule has 0 saturated carbocycles. The Kier molecular flexibility index (Phi) is 6.74. The number of rotatable bonds is 5. The van der Waals surface area contributed by atoms with Crippen molar-refractivity contribution in [3.63, 3.8) is 0 Å². The van der Waals surface area contributed by atoms with Crippen LogP contribution in [0.3, 0.4) is 0 Å². The van der Waals surface area contributed by atoms with Crippen LogP contribution in [0.5, 0.6) is 0 Å². The number of amides is 2. The number of piperidine rings is 2. The summed E-state index contributed by atoms with van der Waals surface area (Å²) in [5, 5.41) is 0. The van der Waals surface area contributed by atoms with Crippen molar-refractivity contribution in [1.29, 1.82) is 0 Å². The van der Waals surface area contributed by atoms with Crippen LogP contribution in [-0.2, 0) is 16.0 Å². The summed E-state index contributed by atoms with van der Waals surface area (Å²) in [6, 6.07) is 0. The predicted octanol–water partition coefficient (Wildman–Crippen LogP) is 1.46. The van der Waals surface area contributed by atoms with Crippen molar-refractivity contribution >= 4 is 17.6 Å². The molecule has 0 aliphatic carbocycles. The Bertz CT molecular complexity index is 821. The number of hydrogen-bond donors (Lipinski definition) is 1. The lowest BCUT2D eigenvalue weighted by molar-refractivity contribution is -0.138. The van der Waals surface area contributed by atoms with Gasteiger partial charge in [0.1, 0.15) is 11.6 Å². The third kappa shape index (κ3) is 5.00. The fourth-order valence-electron chi connectivity index (χ4n) is 5.34. The van der Waals surface area contributed by atoms with E-state index in [0.717, 1.165) is 88.6 Å². The van der Waals surface area contributed by atoms with Crippen molar-refractivity contribution in [2.24, 2.45) is 11.7 Å². The molecule has 170 valence electrons. The van der Waals surface area contributed by atoms with Gasteiger partial charge in [0.2, 0.25) is 11.8 Å². The van der Waals surface area contributed by atoms with Crippen molar-refractivity contribution in [3.05, 3.63) is 17.1 Å². The first kappa shape index (κ1) is 22.0. The third-order valence-corrected chi connectivity index (χ3v) is 7.19. The molecule has 0 aromatic carbocycles. The number of nitrogens with zero attached hydrogens (tertiary/aromatic N) is 5. The highest BCUT2D eigenvalue weighted by atomic mass is 16.2. The molecule has 1 aromatic heterocycles. The number of hydrogen-bond acceptors (Lipinski definition) is 6. The summed E-state index contributed by atoms with van der Waals surface area (Å²) in [4.78, 5) is 40.5. The summed E-state index contributed by atoms with van der Waals surface area (Å²) in [7, 11) is 2.12. The zero-order valence-corrected chi connectivity index (χ0v) is 19.0. The van der Waals surface area contributed by atoms with Crippen LogP contribution in [0, 0.1) is 12.8 Å². The number of carbonyl (C=O) groups excluding carboxylic acids is 2. The molecule has 1 aromatic rings. The van der Waals surface area contributed by atoms with Gasteiger partial charge in [0.05, 0.1) is 5.92 Å². The number of aryl methyl sites for hydroxylation is 1. The molecular weight excluding hydrogens is 392 g/mol. The van der Waals surface area contributed by atoms with Crippen LogP contribution in [0.25, 0.3) is 0 Å². The van der Waals surface area contributed by atoms with Gasteiger partial charge in [-0.2, -0.15) is 0 Å². The highest BCUT2D eigenvalue weighted by Crippen LogP contribution is 2.32. The van der Waals surface area contributed by atoms with Crippen LogP contribution in [0.15, 0.2) is 0 Å². The molecule has 8 heteroatoms. The minimum atomic E-state index is -0.277. The summed E-state index contributed by atoms with van der Waals surface area (Å²) >= 11 is 0. The van der Waals surface area contributed by atoms with Gasteiger partial charge < -0.3 is 20.4 Å². The molecule has 0 bridgehead atoms. The maximum Gasteiger partial charge on any atom is 0.226 e. The van der Waals surface area contributed by atoms with Crippen LogP contribution in [0.1, 0.15) is 61.5 Å². The number of aromatic nitrogens is 2. The fraction of sp³-hybridized carbons (Fsp3) is 0.739. The van der Waals surface area contributed by atoms with Gasteiger partial charge in [-0.05, 0) is 52.0 Å². The number of nitrogens with two attached hydrogens (primary N) is 1. The summed E-state index contributed by atoms with van der Waals surface area (Å²) in [6.07, 6.45) is 6.37. The minimum Gasteiger partial charge on any atom is -0.370 e. The number of fused-ring (bicyclic) bond motifs is 1. The first-order chi connectivity index (χ1) is 14.9. The third-order valence-electron chi connectivity index (χ3n) is 7.19. The van der Waals surface area contributed by atoms with Crippen LogP contribution < -0.4 is 10.6 Å². The van der Waals surface area contributed by atoms with Crippen LogP contribution >= 0.6 is 0 Å². The van der Waals surface area contributed by atoms with Crippen molar-refractivity contribution in [1.82, 2.24) is 19.8 Å². The van der Waals surface area contributed by atoms with Gasteiger partial charge in [-0.15, -0.1) is 0 Å². The number of carbonyl (C=O) groups is 2. The van der Waals surface area contributed by atoms with E-state index in [4.69, 9.17) is 15.7 Å². The lowest BCUT2D eigenvalue weighted by Gasteiger charge is -2.37. The van der Waals surface area contributed by atoms with Gasteiger partial charge in [0.25, 0.3) is 0 Å². The van der Waals surface area contributed by atoms with E-state index < -0.39 is 0 Å². The zero-order chi connectivity index (χ0) is 22.0.